The van der Waals surface area contributed by atoms with Crippen LogP contribution >= 0.6 is 0 Å². The molecule has 110 valence electrons. The van der Waals surface area contributed by atoms with Gasteiger partial charge in [0.25, 0.3) is 0 Å². The number of fused-ring (bicyclic) bond motifs is 1. The highest BCUT2D eigenvalue weighted by molar-refractivity contribution is 5.56. The summed E-state index contributed by atoms with van der Waals surface area (Å²) >= 11 is 0. The van der Waals surface area contributed by atoms with E-state index < -0.39 is 0 Å². The highest BCUT2D eigenvalue weighted by atomic mass is 19.1. The molecule has 1 atom stereocenters. The number of ether oxygens (including phenoxy) is 2. The lowest BCUT2D eigenvalue weighted by molar-refractivity contribution is 0.394. The van der Waals surface area contributed by atoms with Crippen LogP contribution in [0, 0.1) is 5.82 Å². The average Bonchev–Trinajstić information content (AvgIpc) is 2.88. The zero-order valence-electron chi connectivity index (χ0n) is 12.2. The first-order valence-electron chi connectivity index (χ1n) is 6.97. The Morgan fingerprint density at radius 3 is 2.43 bits per heavy atom. The zero-order chi connectivity index (χ0) is 14.8. The molecule has 0 amide bonds. The molecule has 0 heterocycles. The van der Waals surface area contributed by atoms with E-state index in [9.17, 15) is 4.39 Å². The number of benzene rings is 2. The van der Waals surface area contributed by atoms with Gasteiger partial charge in [0.1, 0.15) is 17.3 Å². The number of rotatable bonds is 4. The maximum absolute atomic E-state index is 13.3. The summed E-state index contributed by atoms with van der Waals surface area (Å²) in [5.41, 5.74) is 3.19. The molecule has 0 saturated heterocycles. The van der Waals surface area contributed by atoms with Crippen molar-refractivity contribution in [1.29, 1.82) is 0 Å². The van der Waals surface area contributed by atoms with Crippen LogP contribution in [0.3, 0.4) is 0 Å². The van der Waals surface area contributed by atoms with Crippen molar-refractivity contribution in [3.05, 3.63) is 53.3 Å². The van der Waals surface area contributed by atoms with Crippen LogP contribution in [-0.2, 0) is 6.42 Å². The van der Waals surface area contributed by atoms with Crippen LogP contribution in [0.5, 0.6) is 11.5 Å². The fourth-order valence-electron chi connectivity index (χ4n) is 2.83. The number of halogens is 1. The van der Waals surface area contributed by atoms with Gasteiger partial charge in [0.05, 0.1) is 20.3 Å². The van der Waals surface area contributed by atoms with Gasteiger partial charge in [-0.1, -0.05) is 6.07 Å². The van der Waals surface area contributed by atoms with Crippen molar-refractivity contribution in [2.75, 3.05) is 19.5 Å². The maximum Gasteiger partial charge on any atom is 0.124 e. The van der Waals surface area contributed by atoms with Crippen LogP contribution in [0.25, 0.3) is 0 Å². The van der Waals surface area contributed by atoms with Crippen LogP contribution in [0.4, 0.5) is 10.1 Å². The highest BCUT2D eigenvalue weighted by Crippen LogP contribution is 2.36. The van der Waals surface area contributed by atoms with Gasteiger partial charge in [0.15, 0.2) is 0 Å². The Hall–Kier alpha value is -2.23. The molecule has 0 spiro atoms. The summed E-state index contributed by atoms with van der Waals surface area (Å²) in [6.45, 7) is 0. The summed E-state index contributed by atoms with van der Waals surface area (Å²) < 4.78 is 23.8. The van der Waals surface area contributed by atoms with Crippen molar-refractivity contribution < 1.29 is 13.9 Å². The molecule has 1 aliphatic carbocycles. The van der Waals surface area contributed by atoms with Gasteiger partial charge >= 0.3 is 0 Å². The lowest BCUT2D eigenvalue weighted by Crippen LogP contribution is -2.07. The topological polar surface area (TPSA) is 30.5 Å². The van der Waals surface area contributed by atoms with Crippen LogP contribution < -0.4 is 14.8 Å². The molecule has 0 bridgehead atoms. The van der Waals surface area contributed by atoms with E-state index in [1.54, 1.807) is 20.3 Å². The Kier molecular flexibility index (Phi) is 3.69. The molecular formula is C17H18FNO2. The van der Waals surface area contributed by atoms with Crippen LogP contribution in [-0.4, -0.2) is 14.2 Å². The molecule has 0 radical (unpaired) electrons. The molecule has 4 heteroatoms. The van der Waals surface area contributed by atoms with Crippen molar-refractivity contribution in [3.63, 3.8) is 0 Å². The molecule has 21 heavy (non-hydrogen) atoms. The van der Waals surface area contributed by atoms with E-state index >= 15 is 0 Å². The summed E-state index contributed by atoms with van der Waals surface area (Å²) in [5.74, 6) is 1.32. The third-order valence-corrected chi connectivity index (χ3v) is 3.88. The molecule has 1 aliphatic rings. The van der Waals surface area contributed by atoms with Gasteiger partial charge in [-0.25, -0.2) is 4.39 Å². The molecule has 1 N–H and O–H groups in total. The first kappa shape index (κ1) is 13.7. The van der Waals surface area contributed by atoms with Crippen molar-refractivity contribution in [1.82, 2.24) is 0 Å². The number of hydrogen-bond donors (Lipinski definition) is 1. The van der Waals surface area contributed by atoms with Gasteiger partial charge < -0.3 is 14.8 Å². The van der Waals surface area contributed by atoms with E-state index in [1.165, 1.54) is 6.07 Å². The Morgan fingerprint density at radius 2 is 1.76 bits per heavy atom. The van der Waals surface area contributed by atoms with Gasteiger partial charge in [0.2, 0.25) is 0 Å². The predicted octanol–water partition coefficient (Wildman–Crippen LogP) is 3.94. The summed E-state index contributed by atoms with van der Waals surface area (Å²) in [5, 5.41) is 3.48. The monoisotopic (exact) mass is 287 g/mol. The second kappa shape index (κ2) is 5.64. The summed E-state index contributed by atoms with van der Waals surface area (Å²) in [6.07, 6.45) is 1.85. The standard InChI is InChI=1S/C17H18FNO2/c1-20-14-8-13(9-15(10-14)21-2)19-17-6-3-11-7-12(18)4-5-16(11)17/h4-5,7-10,17,19H,3,6H2,1-2H3. The molecule has 3 nitrogen and oxygen atoms in total. The minimum atomic E-state index is -0.169. The SMILES string of the molecule is COc1cc(NC2CCc3cc(F)ccc32)cc(OC)c1. The fraction of sp³-hybridized carbons (Fsp3) is 0.294. The second-order valence-electron chi connectivity index (χ2n) is 5.18. The van der Waals surface area contributed by atoms with Gasteiger partial charge in [-0.2, -0.15) is 0 Å². The molecule has 2 aromatic rings. The minimum absolute atomic E-state index is 0.169. The van der Waals surface area contributed by atoms with Crippen molar-refractivity contribution in [2.45, 2.75) is 18.9 Å². The first-order valence-corrected chi connectivity index (χ1v) is 6.97. The van der Waals surface area contributed by atoms with Crippen molar-refractivity contribution >= 4 is 5.69 Å². The van der Waals surface area contributed by atoms with E-state index in [1.807, 2.05) is 24.3 Å². The number of hydrogen-bond acceptors (Lipinski definition) is 3. The van der Waals surface area contributed by atoms with Crippen molar-refractivity contribution in [3.8, 4) is 11.5 Å². The Labute approximate surface area is 123 Å². The van der Waals surface area contributed by atoms with Crippen LogP contribution in [0.1, 0.15) is 23.6 Å². The van der Waals surface area contributed by atoms with E-state index in [0.717, 1.165) is 41.2 Å². The average molecular weight is 287 g/mol. The maximum atomic E-state index is 13.3. The lowest BCUT2D eigenvalue weighted by atomic mass is 10.1. The Bertz CT molecular complexity index is 635. The third kappa shape index (κ3) is 2.79. The molecule has 0 fully saturated rings. The Morgan fingerprint density at radius 1 is 1.05 bits per heavy atom. The van der Waals surface area contributed by atoms with Gasteiger partial charge in [0, 0.05) is 23.9 Å². The first-order chi connectivity index (χ1) is 10.2. The normalized spacial score (nSPS) is 16.4. The van der Waals surface area contributed by atoms with E-state index in [0.29, 0.717) is 0 Å². The van der Waals surface area contributed by atoms with Gasteiger partial charge in [-0.05, 0) is 36.1 Å². The van der Waals surface area contributed by atoms with Crippen LogP contribution in [0.2, 0.25) is 0 Å². The Balaban J connectivity index is 1.85. The molecular weight excluding hydrogens is 269 g/mol. The summed E-state index contributed by atoms with van der Waals surface area (Å²) in [4.78, 5) is 0. The van der Waals surface area contributed by atoms with Gasteiger partial charge in [-0.15, -0.1) is 0 Å². The number of nitrogens with one attached hydrogen (secondary N) is 1. The van der Waals surface area contributed by atoms with Gasteiger partial charge in [-0.3, -0.25) is 0 Å². The van der Waals surface area contributed by atoms with Crippen molar-refractivity contribution in [2.24, 2.45) is 0 Å². The van der Waals surface area contributed by atoms with E-state index in [-0.39, 0.29) is 11.9 Å². The highest BCUT2D eigenvalue weighted by Gasteiger charge is 2.22. The smallest absolute Gasteiger partial charge is 0.124 e. The third-order valence-electron chi connectivity index (χ3n) is 3.88. The zero-order valence-corrected chi connectivity index (χ0v) is 12.2. The molecule has 3 rings (SSSR count). The van der Waals surface area contributed by atoms with E-state index in [4.69, 9.17) is 9.47 Å². The molecule has 0 aliphatic heterocycles. The van der Waals surface area contributed by atoms with Crippen LogP contribution in [0.15, 0.2) is 36.4 Å². The minimum Gasteiger partial charge on any atom is -0.497 e. The number of methoxy groups -OCH3 is 2. The molecule has 0 saturated carbocycles. The van der Waals surface area contributed by atoms with E-state index in [2.05, 4.69) is 5.32 Å². The lowest BCUT2D eigenvalue weighted by Gasteiger charge is -2.17. The fourth-order valence-corrected chi connectivity index (χ4v) is 2.83. The largest absolute Gasteiger partial charge is 0.497 e. The molecule has 1 unspecified atom stereocenters. The molecule has 0 aromatic heterocycles. The second-order valence-corrected chi connectivity index (χ2v) is 5.18. The summed E-state index contributed by atoms with van der Waals surface area (Å²) in [7, 11) is 3.26. The summed E-state index contributed by atoms with van der Waals surface area (Å²) in [6, 6.07) is 10.9. The number of anilines is 1. The predicted molar refractivity (Wildman–Crippen MR) is 80.6 cm³/mol. The quantitative estimate of drug-likeness (QED) is 0.924. The molecule has 2 aromatic carbocycles. The number of aryl methyl sites for hydroxylation is 1.